The van der Waals surface area contributed by atoms with Crippen LogP contribution < -0.4 is 16.6 Å². The van der Waals surface area contributed by atoms with Gasteiger partial charge in [0.15, 0.2) is 5.79 Å². The average Bonchev–Trinajstić information content (AvgIpc) is 2.89. The minimum absolute atomic E-state index is 0.602. The third-order valence-electron chi connectivity index (χ3n) is 1.76. The van der Waals surface area contributed by atoms with Gasteiger partial charge in [0.05, 0.1) is 0 Å². The molecule has 0 bridgehead atoms. The molecule has 1 fully saturated rings. The molecule has 0 aliphatic heterocycles. The first-order chi connectivity index (χ1) is 6.20. The summed E-state index contributed by atoms with van der Waals surface area (Å²) < 4.78 is 12.9. The zero-order chi connectivity index (χ0) is 10.3. The first-order valence-electron chi connectivity index (χ1n) is 4.82. The predicted octanol–water partition coefficient (Wildman–Crippen LogP) is 1.78. The molecule has 1 rings (SSSR count). The molecule has 4 heteroatoms. The molecule has 3 nitrogen and oxygen atoms in total. The van der Waals surface area contributed by atoms with Gasteiger partial charge in [0, 0.05) is 24.7 Å². The number of rotatable bonds is 4. The molecular weight excluding hydrogens is 169 g/mol. The van der Waals surface area contributed by atoms with Crippen molar-refractivity contribution in [2.75, 3.05) is 0 Å². The lowest BCUT2D eigenvalue weighted by Gasteiger charge is -2.07. The van der Waals surface area contributed by atoms with E-state index in [2.05, 4.69) is 10.7 Å². The Morgan fingerprint density at radius 3 is 2.38 bits per heavy atom. The van der Waals surface area contributed by atoms with Crippen molar-refractivity contribution in [3.8, 4) is 0 Å². The summed E-state index contributed by atoms with van der Waals surface area (Å²) in [5.74, 6) is 4.01. The van der Waals surface area contributed by atoms with Crippen LogP contribution in [0.5, 0.6) is 0 Å². The highest BCUT2D eigenvalue weighted by atomic mass is 19.1. The molecule has 0 spiro atoms. The summed E-state index contributed by atoms with van der Waals surface area (Å²) in [5, 5.41) is 2.66. The van der Waals surface area contributed by atoms with Gasteiger partial charge < -0.3 is 10.7 Å². The summed E-state index contributed by atoms with van der Waals surface area (Å²) in [6.45, 7) is 5.95. The predicted molar refractivity (Wildman–Crippen MR) is 53.3 cm³/mol. The Bertz CT molecular complexity index is 158. The van der Waals surface area contributed by atoms with Crippen LogP contribution in [0.15, 0.2) is 11.9 Å². The topological polar surface area (TPSA) is 50.1 Å². The van der Waals surface area contributed by atoms with E-state index in [1.54, 1.807) is 6.20 Å². The average molecular weight is 189 g/mol. The van der Waals surface area contributed by atoms with Gasteiger partial charge in [0.1, 0.15) is 0 Å². The summed E-state index contributed by atoms with van der Waals surface area (Å²) in [5.41, 5.74) is 3.30. The van der Waals surface area contributed by atoms with Crippen LogP contribution in [-0.4, -0.2) is 5.79 Å². The van der Waals surface area contributed by atoms with Crippen LogP contribution in [0.1, 0.15) is 40.0 Å². The Balaban J connectivity index is 0.000000671. The van der Waals surface area contributed by atoms with Gasteiger partial charge in [-0.15, -0.1) is 0 Å². The van der Waals surface area contributed by atoms with Gasteiger partial charge in [-0.2, -0.15) is 0 Å². The molecule has 13 heavy (non-hydrogen) atoms. The maximum absolute atomic E-state index is 12.9. The second-order valence-electron chi connectivity index (χ2n) is 2.78. The fraction of sp³-hybridized carbons (Fsp3) is 0.778. The molecule has 0 aromatic carbocycles. The van der Waals surface area contributed by atoms with E-state index in [0.717, 1.165) is 12.1 Å². The first-order valence-corrected chi connectivity index (χ1v) is 4.82. The third kappa shape index (κ3) is 4.72. The van der Waals surface area contributed by atoms with Gasteiger partial charge in [-0.05, 0) is 6.42 Å². The molecule has 0 aromatic rings. The van der Waals surface area contributed by atoms with E-state index in [0.29, 0.717) is 12.8 Å². The lowest BCUT2D eigenvalue weighted by molar-refractivity contribution is 0.275. The van der Waals surface area contributed by atoms with Crippen LogP contribution >= 0.6 is 0 Å². The van der Waals surface area contributed by atoms with E-state index < -0.39 is 5.79 Å². The van der Waals surface area contributed by atoms with Crippen molar-refractivity contribution in [1.29, 1.82) is 0 Å². The van der Waals surface area contributed by atoms with E-state index in [4.69, 9.17) is 5.84 Å². The largest absolute Gasteiger partial charge is 0.358 e. The Hall–Kier alpha value is -0.770. The molecular formula is C9H20FN3. The lowest BCUT2D eigenvalue weighted by Crippen LogP contribution is -2.26. The normalized spacial score (nSPS) is 18.4. The SMILES string of the molecule is CC.CC/C(=C/NC1(F)CC1)NN. The summed E-state index contributed by atoms with van der Waals surface area (Å²) in [6.07, 6.45) is 3.59. The highest BCUT2D eigenvalue weighted by Gasteiger charge is 2.42. The number of nitrogens with two attached hydrogens (primary N) is 1. The molecule has 0 radical (unpaired) electrons. The van der Waals surface area contributed by atoms with Crippen LogP contribution in [0.25, 0.3) is 0 Å². The Labute approximate surface area is 79.5 Å². The van der Waals surface area contributed by atoms with Gasteiger partial charge in [-0.1, -0.05) is 20.8 Å². The molecule has 0 atom stereocenters. The molecule has 1 aliphatic rings. The van der Waals surface area contributed by atoms with Crippen LogP contribution in [0.4, 0.5) is 4.39 Å². The van der Waals surface area contributed by atoms with Crippen LogP contribution in [0.2, 0.25) is 0 Å². The highest BCUT2D eigenvalue weighted by Crippen LogP contribution is 2.36. The van der Waals surface area contributed by atoms with Crippen molar-refractivity contribution in [2.45, 2.75) is 45.8 Å². The second-order valence-corrected chi connectivity index (χ2v) is 2.78. The Morgan fingerprint density at radius 2 is 2.08 bits per heavy atom. The number of alkyl halides is 1. The van der Waals surface area contributed by atoms with E-state index in [9.17, 15) is 4.39 Å². The number of hydrogen-bond acceptors (Lipinski definition) is 3. The van der Waals surface area contributed by atoms with E-state index in [1.807, 2.05) is 20.8 Å². The zero-order valence-corrected chi connectivity index (χ0v) is 8.65. The standard InChI is InChI=1S/C7H14FN3.C2H6/c1-2-6(11-9)5-10-7(8)3-4-7;1-2/h5,10-11H,2-4,9H2,1H3;1-2H3/b6-5-;. The lowest BCUT2D eigenvalue weighted by atomic mass is 10.4. The highest BCUT2D eigenvalue weighted by molar-refractivity contribution is 5.02. The molecule has 4 N–H and O–H groups in total. The van der Waals surface area contributed by atoms with Crippen LogP contribution in [0, 0.1) is 0 Å². The summed E-state index contributed by atoms with van der Waals surface area (Å²) in [4.78, 5) is 0. The molecule has 0 unspecified atom stereocenters. The van der Waals surface area contributed by atoms with Gasteiger partial charge >= 0.3 is 0 Å². The maximum Gasteiger partial charge on any atom is 0.180 e. The van der Waals surface area contributed by atoms with Crippen molar-refractivity contribution in [2.24, 2.45) is 5.84 Å². The van der Waals surface area contributed by atoms with E-state index in [1.165, 1.54) is 0 Å². The van der Waals surface area contributed by atoms with Gasteiger partial charge in [0.2, 0.25) is 0 Å². The molecule has 0 heterocycles. The third-order valence-corrected chi connectivity index (χ3v) is 1.76. The van der Waals surface area contributed by atoms with Gasteiger partial charge in [0.25, 0.3) is 0 Å². The maximum atomic E-state index is 12.9. The van der Waals surface area contributed by atoms with Crippen LogP contribution in [0.3, 0.4) is 0 Å². The minimum Gasteiger partial charge on any atom is -0.358 e. The quantitative estimate of drug-likeness (QED) is 0.359. The number of nitrogens with one attached hydrogen (secondary N) is 2. The van der Waals surface area contributed by atoms with Crippen molar-refractivity contribution in [3.05, 3.63) is 11.9 Å². The summed E-state index contributed by atoms with van der Waals surface area (Å²) >= 11 is 0. The van der Waals surface area contributed by atoms with Crippen molar-refractivity contribution < 1.29 is 4.39 Å². The van der Waals surface area contributed by atoms with Crippen molar-refractivity contribution in [1.82, 2.24) is 10.7 Å². The van der Waals surface area contributed by atoms with Gasteiger partial charge in [-0.3, -0.25) is 5.84 Å². The second kappa shape index (κ2) is 5.80. The summed E-state index contributed by atoms with van der Waals surface area (Å²) in [6, 6.07) is 0. The van der Waals surface area contributed by atoms with Crippen molar-refractivity contribution in [3.63, 3.8) is 0 Å². The number of hydrazine groups is 1. The fourth-order valence-electron chi connectivity index (χ4n) is 0.716. The molecule has 1 saturated carbocycles. The Morgan fingerprint density at radius 1 is 1.54 bits per heavy atom. The number of hydrogen-bond donors (Lipinski definition) is 3. The van der Waals surface area contributed by atoms with Crippen LogP contribution in [-0.2, 0) is 0 Å². The molecule has 1 aliphatic carbocycles. The molecule has 0 aromatic heterocycles. The van der Waals surface area contributed by atoms with E-state index in [-0.39, 0.29) is 0 Å². The van der Waals surface area contributed by atoms with E-state index >= 15 is 0 Å². The molecule has 78 valence electrons. The smallest absolute Gasteiger partial charge is 0.180 e. The first kappa shape index (κ1) is 12.2. The monoisotopic (exact) mass is 189 g/mol. The Kier molecular flexibility index (Phi) is 5.46. The zero-order valence-electron chi connectivity index (χ0n) is 8.65. The minimum atomic E-state index is -1.14. The molecule has 0 amide bonds. The number of halogens is 1. The summed E-state index contributed by atoms with van der Waals surface area (Å²) in [7, 11) is 0. The van der Waals surface area contributed by atoms with Gasteiger partial charge in [-0.25, -0.2) is 4.39 Å². The number of allylic oxidation sites excluding steroid dienone is 1. The fourth-order valence-corrected chi connectivity index (χ4v) is 0.716. The van der Waals surface area contributed by atoms with Crippen molar-refractivity contribution >= 4 is 0 Å². The molecule has 0 saturated heterocycles.